The average molecular weight is 371 g/mol. The van der Waals surface area contributed by atoms with Crippen molar-refractivity contribution in [1.29, 1.82) is 0 Å². The zero-order chi connectivity index (χ0) is 12.9. The third kappa shape index (κ3) is 9.53. The third-order valence-electron chi connectivity index (χ3n) is 2.43. The van der Waals surface area contributed by atoms with Crippen LogP contribution < -0.4 is 17.0 Å². The van der Waals surface area contributed by atoms with Crippen LogP contribution in [0.4, 0.5) is 0 Å². The van der Waals surface area contributed by atoms with E-state index in [4.69, 9.17) is 4.43 Å². The molecule has 19 heavy (non-hydrogen) atoms. The zero-order valence-corrected chi connectivity index (χ0v) is 17.3. The summed E-state index contributed by atoms with van der Waals surface area (Å²) < 4.78 is 6.11. The molecule has 0 aliphatic rings. The Labute approximate surface area is 150 Å². The molecule has 0 amide bonds. The molecule has 103 valence electrons. The minimum atomic E-state index is -0.639. The molecule has 0 heterocycles. The molecule has 1 atom stereocenters. The first-order valence-electron chi connectivity index (χ1n) is 5.95. The molecule has 1 rings (SSSR count). The van der Waals surface area contributed by atoms with Gasteiger partial charge in [0.25, 0.3) is 0 Å². The summed E-state index contributed by atoms with van der Waals surface area (Å²) >= 11 is 1.87. The summed E-state index contributed by atoms with van der Waals surface area (Å²) in [4.78, 5) is 1.29. The molecule has 0 saturated heterocycles. The molecule has 5 heteroatoms. The molecule has 0 aliphatic carbocycles. The topological polar surface area (TPSA) is 9.23 Å². The number of benzene rings is 1. The Bertz CT molecular complexity index is 330. The Morgan fingerprint density at radius 1 is 1.26 bits per heavy atom. The van der Waals surface area contributed by atoms with Gasteiger partial charge in [0.05, 0.1) is 6.10 Å². The van der Waals surface area contributed by atoms with E-state index in [-0.39, 0.29) is 45.4 Å². The number of rotatable bonds is 5. The molecule has 1 aromatic carbocycles. The molecule has 0 fully saturated rings. The van der Waals surface area contributed by atoms with Crippen LogP contribution in [0.1, 0.15) is 20.8 Å². The molecule has 0 N–H and O–H groups in total. The van der Waals surface area contributed by atoms with Crippen LogP contribution in [0.25, 0.3) is 0 Å². The fourth-order valence-electron chi connectivity index (χ4n) is 1.39. The van der Waals surface area contributed by atoms with Crippen LogP contribution in [0.2, 0.25) is 13.1 Å². The van der Waals surface area contributed by atoms with Crippen LogP contribution in [0.3, 0.4) is 0 Å². The minimum absolute atomic E-state index is 0. The number of thioether (sulfide) groups is 1. The molecular formula is C14H22BrMgOSSi. The van der Waals surface area contributed by atoms with E-state index >= 15 is 0 Å². The van der Waals surface area contributed by atoms with Gasteiger partial charge in [0, 0.05) is 5.75 Å². The van der Waals surface area contributed by atoms with Crippen molar-refractivity contribution in [2.75, 3.05) is 5.75 Å². The predicted molar refractivity (Wildman–Crippen MR) is 83.6 cm³/mol. The van der Waals surface area contributed by atoms with Gasteiger partial charge in [-0.15, -0.1) is 4.90 Å². The Balaban J connectivity index is 0. The van der Waals surface area contributed by atoms with Crippen LogP contribution >= 0.6 is 11.8 Å². The first kappa shape index (κ1) is 22.3. The summed E-state index contributed by atoms with van der Waals surface area (Å²) in [5, 5.41) is 0. The first-order chi connectivity index (χ1) is 7.89. The number of hydrogen-bond acceptors (Lipinski definition) is 2. The largest absolute Gasteiger partial charge is 2.00 e. The van der Waals surface area contributed by atoms with Crippen LogP contribution in [0, 0.1) is 11.5 Å². The van der Waals surface area contributed by atoms with Crippen molar-refractivity contribution in [3.05, 3.63) is 30.3 Å². The Hall–Kier alpha value is 0.993. The van der Waals surface area contributed by atoms with E-state index in [1.165, 1.54) is 4.90 Å². The average Bonchev–Trinajstić information content (AvgIpc) is 2.23. The van der Waals surface area contributed by atoms with E-state index in [0.29, 0.717) is 6.10 Å². The van der Waals surface area contributed by atoms with Gasteiger partial charge in [-0.1, -0.05) is 20.8 Å². The number of hydrogen-bond donors (Lipinski definition) is 0. The van der Waals surface area contributed by atoms with Gasteiger partial charge in [0.2, 0.25) is 9.04 Å². The fraction of sp³-hybridized carbons (Fsp3) is 0.571. The van der Waals surface area contributed by atoms with Gasteiger partial charge in [0.1, 0.15) is 0 Å². The van der Waals surface area contributed by atoms with Gasteiger partial charge >= 0.3 is 23.1 Å². The molecule has 0 aromatic heterocycles. The first-order valence-corrected chi connectivity index (χ1v) is 9.34. The van der Waals surface area contributed by atoms with E-state index in [2.05, 4.69) is 52.1 Å². The molecular weight excluding hydrogens is 349 g/mol. The SMILES string of the molecule is C[Si](C)OC(CSc1cc[c-]cc1)C(C)(C)C.[Br-].[Mg+2]. The van der Waals surface area contributed by atoms with Crippen molar-refractivity contribution in [3.8, 4) is 0 Å². The maximum Gasteiger partial charge on any atom is 2.00 e. The van der Waals surface area contributed by atoms with Gasteiger partial charge in [-0.05, 0) is 18.5 Å². The summed E-state index contributed by atoms with van der Waals surface area (Å²) in [6.45, 7) is 11.2. The fourth-order valence-corrected chi connectivity index (χ4v) is 3.75. The summed E-state index contributed by atoms with van der Waals surface area (Å²) in [5.74, 6) is 1.02. The minimum Gasteiger partial charge on any atom is -1.00 e. The third-order valence-corrected chi connectivity index (χ3v) is 4.26. The second-order valence-electron chi connectivity index (χ2n) is 5.43. The smallest absolute Gasteiger partial charge is 1.00 e. The predicted octanol–water partition coefficient (Wildman–Crippen LogP) is 0.884. The van der Waals surface area contributed by atoms with E-state index in [9.17, 15) is 0 Å². The second-order valence-corrected chi connectivity index (χ2v) is 8.57. The molecule has 0 saturated carbocycles. The van der Waals surface area contributed by atoms with E-state index in [1.807, 2.05) is 23.9 Å². The maximum atomic E-state index is 6.11. The Kier molecular flexibility index (Phi) is 12.5. The molecule has 1 radical (unpaired) electrons. The van der Waals surface area contributed by atoms with Crippen molar-refractivity contribution in [2.45, 2.75) is 44.9 Å². The van der Waals surface area contributed by atoms with Crippen LogP contribution in [0.5, 0.6) is 0 Å². The number of halogens is 1. The van der Waals surface area contributed by atoms with Crippen LogP contribution in [0.15, 0.2) is 29.2 Å². The Morgan fingerprint density at radius 2 is 1.79 bits per heavy atom. The van der Waals surface area contributed by atoms with Gasteiger partial charge in [0.15, 0.2) is 0 Å². The quantitative estimate of drug-likeness (QED) is 0.432. The van der Waals surface area contributed by atoms with Crippen molar-refractivity contribution in [1.82, 2.24) is 0 Å². The summed E-state index contributed by atoms with van der Waals surface area (Å²) in [6.07, 6.45) is 0.320. The molecule has 0 aliphatic heterocycles. The van der Waals surface area contributed by atoms with E-state index in [1.54, 1.807) is 0 Å². The van der Waals surface area contributed by atoms with E-state index in [0.717, 1.165) is 5.75 Å². The normalized spacial score (nSPS) is 12.5. The summed E-state index contributed by atoms with van der Waals surface area (Å²) in [5.41, 5.74) is 0.204. The van der Waals surface area contributed by atoms with Crippen molar-refractivity contribution >= 4 is 43.9 Å². The van der Waals surface area contributed by atoms with Gasteiger partial charge in [-0.3, -0.25) is 0 Å². The van der Waals surface area contributed by atoms with E-state index < -0.39 is 9.04 Å². The Morgan fingerprint density at radius 3 is 2.21 bits per heavy atom. The molecule has 1 nitrogen and oxygen atoms in total. The molecule has 1 unspecified atom stereocenters. The summed E-state index contributed by atoms with van der Waals surface area (Å²) in [7, 11) is -0.639. The molecule has 1 aromatic rings. The van der Waals surface area contributed by atoms with Gasteiger partial charge < -0.3 is 21.4 Å². The summed E-state index contributed by atoms with van der Waals surface area (Å²) in [6, 6.07) is 11.2. The van der Waals surface area contributed by atoms with Gasteiger partial charge in [-0.25, -0.2) is 0 Å². The van der Waals surface area contributed by atoms with Crippen LogP contribution in [-0.2, 0) is 4.43 Å². The second kappa shape index (κ2) is 10.7. The molecule has 0 bridgehead atoms. The van der Waals surface area contributed by atoms with Crippen molar-refractivity contribution in [3.63, 3.8) is 0 Å². The van der Waals surface area contributed by atoms with Crippen molar-refractivity contribution in [2.24, 2.45) is 5.41 Å². The maximum absolute atomic E-state index is 6.11. The monoisotopic (exact) mass is 369 g/mol. The zero-order valence-electron chi connectivity index (χ0n) is 12.5. The standard InChI is InChI=1S/C14H22OSSi.BrH.Mg/c1-14(2,3)13(15-17(4)5)11-16-12-9-7-6-8-10-12;;/h7-10,13H,11H2,1-5H3;1H;/q-1;;+2/p-1. The molecule has 0 spiro atoms. The van der Waals surface area contributed by atoms with Gasteiger partial charge in [-0.2, -0.15) is 42.1 Å². The van der Waals surface area contributed by atoms with Crippen molar-refractivity contribution < 1.29 is 21.4 Å². The van der Waals surface area contributed by atoms with Crippen LogP contribution in [-0.4, -0.2) is 43.9 Å².